The van der Waals surface area contributed by atoms with Gasteiger partial charge in [-0.3, -0.25) is 19.2 Å². The van der Waals surface area contributed by atoms with Gasteiger partial charge in [0.2, 0.25) is 0 Å². The lowest BCUT2D eigenvalue weighted by Gasteiger charge is -2.35. The molecular formula is C36H46N4O4. The molecule has 0 unspecified atom stereocenters. The highest BCUT2D eigenvalue weighted by Crippen LogP contribution is 2.39. The lowest BCUT2D eigenvalue weighted by molar-refractivity contribution is -0.145. The average Bonchev–Trinajstić information content (AvgIpc) is 3.62. The van der Waals surface area contributed by atoms with Gasteiger partial charge in [0.25, 0.3) is 0 Å². The number of carboxylic acid groups (broad SMARTS) is 2. The van der Waals surface area contributed by atoms with Crippen molar-refractivity contribution in [1.29, 1.82) is 0 Å². The number of nitrogens with zero attached hydrogens (tertiary/aromatic N) is 4. The van der Waals surface area contributed by atoms with Crippen LogP contribution in [-0.4, -0.2) is 80.5 Å². The summed E-state index contributed by atoms with van der Waals surface area (Å²) in [6, 6.07) is 22.6. The van der Waals surface area contributed by atoms with Crippen LogP contribution in [0.5, 0.6) is 0 Å². The van der Waals surface area contributed by atoms with Crippen molar-refractivity contribution in [2.75, 3.05) is 32.7 Å². The molecule has 0 amide bonds. The van der Waals surface area contributed by atoms with Gasteiger partial charge in [0.05, 0.1) is 5.69 Å². The fourth-order valence-corrected chi connectivity index (χ4v) is 8.13. The van der Waals surface area contributed by atoms with Crippen molar-refractivity contribution in [3.8, 4) is 0 Å². The van der Waals surface area contributed by atoms with Crippen molar-refractivity contribution < 1.29 is 19.8 Å². The van der Waals surface area contributed by atoms with Crippen LogP contribution < -0.4 is 0 Å². The largest absolute Gasteiger partial charge is 0.480 e. The van der Waals surface area contributed by atoms with Crippen molar-refractivity contribution in [2.45, 2.75) is 75.8 Å². The van der Waals surface area contributed by atoms with E-state index in [9.17, 15) is 19.8 Å². The molecule has 8 nitrogen and oxygen atoms in total. The molecule has 2 N–H and O–H groups in total. The third-order valence-electron chi connectivity index (χ3n) is 10.3. The Morgan fingerprint density at radius 3 is 2.20 bits per heavy atom. The number of rotatable bonds is 11. The van der Waals surface area contributed by atoms with Crippen LogP contribution in [0.25, 0.3) is 0 Å². The van der Waals surface area contributed by atoms with Crippen LogP contribution in [0.2, 0.25) is 0 Å². The molecule has 0 spiro atoms. The van der Waals surface area contributed by atoms with Gasteiger partial charge in [-0.15, -0.1) is 0 Å². The predicted molar refractivity (Wildman–Crippen MR) is 170 cm³/mol. The van der Waals surface area contributed by atoms with Gasteiger partial charge in [0.1, 0.15) is 12.6 Å². The maximum Gasteiger partial charge on any atom is 0.325 e. The van der Waals surface area contributed by atoms with E-state index < -0.39 is 11.9 Å². The van der Waals surface area contributed by atoms with Crippen LogP contribution in [0, 0.1) is 11.8 Å². The van der Waals surface area contributed by atoms with E-state index in [2.05, 4.69) is 58.3 Å². The highest BCUT2D eigenvalue weighted by atomic mass is 16.4. The molecule has 2 saturated heterocycles. The summed E-state index contributed by atoms with van der Waals surface area (Å²) in [7, 11) is 0. The maximum atomic E-state index is 12.6. The van der Waals surface area contributed by atoms with Crippen molar-refractivity contribution in [2.24, 2.45) is 11.8 Å². The number of carboxylic acids is 2. The summed E-state index contributed by atoms with van der Waals surface area (Å²) in [6.45, 7) is 4.41. The monoisotopic (exact) mass is 598 g/mol. The summed E-state index contributed by atoms with van der Waals surface area (Å²) in [5.41, 5.74) is 4.41. The number of aliphatic carboxylic acids is 2. The maximum absolute atomic E-state index is 12.6. The number of carbonyl (C=O) groups is 2. The average molecular weight is 599 g/mol. The van der Waals surface area contributed by atoms with Gasteiger partial charge in [-0.25, -0.2) is 0 Å². The zero-order chi connectivity index (χ0) is 30.5. The summed E-state index contributed by atoms with van der Waals surface area (Å²) in [5, 5.41) is 24.6. The summed E-state index contributed by atoms with van der Waals surface area (Å²) in [5.74, 6) is -0.267. The molecule has 234 valence electrons. The van der Waals surface area contributed by atoms with Crippen molar-refractivity contribution in [3.63, 3.8) is 0 Å². The minimum absolute atomic E-state index is 0.127. The van der Waals surface area contributed by atoms with Gasteiger partial charge in [0.15, 0.2) is 0 Å². The van der Waals surface area contributed by atoms with E-state index >= 15 is 0 Å². The van der Waals surface area contributed by atoms with E-state index in [1.165, 1.54) is 12.0 Å². The molecule has 3 heterocycles. The molecule has 3 aromatic rings. The van der Waals surface area contributed by atoms with Crippen LogP contribution in [0.3, 0.4) is 0 Å². The molecule has 8 heteroatoms. The molecule has 0 bridgehead atoms. The Kier molecular flexibility index (Phi) is 9.77. The van der Waals surface area contributed by atoms with Gasteiger partial charge >= 0.3 is 11.9 Å². The molecule has 3 fully saturated rings. The Morgan fingerprint density at radius 2 is 1.55 bits per heavy atom. The highest BCUT2D eigenvalue weighted by molar-refractivity contribution is 5.74. The molecule has 2 aliphatic heterocycles. The molecule has 0 radical (unpaired) electrons. The Hall–Kier alpha value is -3.49. The molecule has 2 aromatic carbocycles. The molecule has 6 rings (SSSR count). The van der Waals surface area contributed by atoms with Crippen LogP contribution in [0.15, 0.2) is 66.7 Å². The third kappa shape index (κ3) is 7.24. The van der Waals surface area contributed by atoms with Gasteiger partial charge in [0, 0.05) is 43.6 Å². The molecular weight excluding hydrogens is 552 g/mol. The Balaban J connectivity index is 1.13. The smallest absolute Gasteiger partial charge is 0.325 e. The summed E-state index contributed by atoms with van der Waals surface area (Å²) < 4.78 is 1.67. The second-order valence-corrected chi connectivity index (χ2v) is 13.3. The zero-order valence-electron chi connectivity index (χ0n) is 25.6. The molecule has 1 aliphatic carbocycles. The number of hydrogen-bond acceptors (Lipinski definition) is 5. The van der Waals surface area contributed by atoms with E-state index in [4.69, 9.17) is 5.10 Å². The number of benzene rings is 2. The molecule has 1 saturated carbocycles. The van der Waals surface area contributed by atoms with Crippen molar-refractivity contribution >= 4 is 11.9 Å². The van der Waals surface area contributed by atoms with Gasteiger partial charge < -0.3 is 15.1 Å². The van der Waals surface area contributed by atoms with E-state index in [-0.39, 0.29) is 18.5 Å². The van der Waals surface area contributed by atoms with Crippen LogP contribution in [-0.2, 0) is 22.6 Å². The van der Waals surface area contributed by atoms with Gasteiger partial charge in [-0.05, 0) is 67.8 Å². The number of hydrogen-bond donors (Lipinski definition) is 2. The molecule has 3 atom stereocenters. The van der Waals surface area contributed by atoms with Crippen LogP contribution in [0.4, 0.5) is 0 Å². The van der Waals surface area contributed by atoms with E-state index in [0.717, 1.165) is 88.2 Å². The van der Waals surface area contributed by atoms with E-state index in [1.807, 2.05) is 18.2 Å². The lowest BCUT2D eigenvalue weighted by atomic mass is 9.83. The second kappa shape index (κ2) is 14.1. The summed E-state index contributed by atoms with van der Waals surface area (Å²) in [4.78, 5) is 29.0. The standard InChI is InChI=1S/C36H46N4O4/c41-34(42)25-40-31(20-26-10-4-1-5-11-26)21-33(37-40)28-16-18-38(19-17-28)22-30-23-39(24-32(30)27-12-6-2-7-13-27)35(36(43)44)29-14-8-3-9-15-29/h1-2,4-7,10-13,21,28-30,32,35H,3,8-9,14-20,22-25H2,(H,41,42)(H,43,44)/t30-,32+,35+/m1/s1. The number of piperidine rings is 1. The molecule has 1 aromatic heterocycles. The van der Waals surface area contributed by atoms with E-state index in [0.29, 0.717) is 24.2 Å². The van der Waals surface area contributed by atoms with E-state index in [1.54, 1.807) is 4.68 Å². The topological polar surface area (TPSA) is 98.9 Å². The fourth-order valence-electron chi connectivity index (χ4n) is 8.13. The first-order valence-corrected chi connectivity index (χ1v) is 16.5. The lowest BCUT2D eigenvalue weighted by Crippen LogP contribution is -2.46. The molecule has 3 aliphatic rings. The van der Waals surface area contributed by atoms with Crippen LogP contribution in [0.1, 0.15) is 79.3 Å². The predicted octanol–water partition coefficient (Wildman–Crippen LogP) is 5.49. The first kappa shape index (κ1) is 30.5. The second-order valence-electron chi connectivity index (χ2n) is 13.3. The van der Waals surface area contributed by atoms with Crippen molar-refractivity contribution in [3.05, 3.63) is 89.2 Å². The molecule has 44 heavy (non-hydrogen) atoms. The highest BCUT2D eigenvalue weighted by Gasteiger charge is 2.43. The summed E-state index contributed by atoms with van der Waals surface area (Å²) in [6.07, 6.45) is 8.20. The number of likely N-dealkylation sites (tertiary alicyclic amines) is 2. The first-order valence-electron chi connectivity index (χ1n) is 16.5. The Morgan fingerprint density at radius 1 is 0.864 bits per heavy atom. The van der Waals surface area contributed by atoms with Crippen molar-refractivity contribution in [1.82, 2.24) is 19.6 Å². The quantitative estimate of drug-likeness (QED) is 0.301. The zero-order valence-corrected chi connectivity index (χ0v) is 25.6. The number of aromatic nitrogens is 2. The van der Waals surface area contributed by atoms with Crippen LogP contribution >= 0.6 is 0 Å². The fraction of sp³-hybridized carbons (Fsp3) is 0.528. The Bertz CT molecular complexity index is 1380. The minimum Gasteiger partial charge on any atom is -0.480 e. The minimum atomic E-state index is -0.879. The summed E-state index contributed by atoms with van der Waals surface area (Å²) >= 11 is 0. The normalized spacial score (nSPS) is 23.1. The third-order valence-corrected chi connectivity index (χ3v) is 10.3. The Labute approximate surface area is 260 Å². The SMILES string of the molecule is O=C(O)Cn1nc(C2CCN(C[C@@H]3CN([C@H](C(=O)O)C4CCCCC4)C[C@H]3c3ccccc3)CC2)cc1Cc1ccccc1. The first-order chi connectivity index (χ1) is 21.4. The van der Waals surface area contributed by atoms with Gasteiger partial charge in [-0.1, -0.05) is 79.9 Å². The van der Waals surface area contributed by atoms with Gasteiger partial charge in [-0.2, -0.15) is 5.10 Å².